The molecule has 4 rings (SSSR count). The lowest BCUT2D eigenvalue weighted by Gasteiger charge is -2.18. The van der Waals surface area contributed by atoms with Crippen LogP contribution in [0.2, 0.25) is 0 Å². The van der Waals surface area contributed by atoms with Crippen molar-refractivity contribution in [3.05, 3.63) is 47.7 Å². The number of carbonyl (C=O) groups is 2. The highest BCUT2D eigenvalue weighted by Crippen LogP contribution is 2.33. The van der Waals surface area contributed by atoms with Gasteiger partial charge >= 0.3 is 0 Å². The van der Waals surface area contributed by atoms with Gasteiger partial charge in [-0.3, -0.25) is 19.4 Å². The number of furan rings is 1. The van der Waals surface area contributed by atoms with Crippen molar-refractivity contribution < 1.29 is 14.0 Å². The van der Waals surface area contributed by atoms with E-state index in [1.54, 1.807) is 7.05 Å². The summed E-state index contributed by atoms with van der Waals surface area (Å²) in [4.78, 5) is 27.6. The van der Waals surface area contributed by atoms with Crippen LogP contribution in [0.5, 0.6) is 0 Å². The number of amides is 2. The first-order valence-corrected chi connectivity index (χ1v) is 8.22. The third kappa shape index (κ3) is 2.45. The second-order valence-corrected chi connectivity index (χ2v) is 6.75. The lowest BCUT2D eigenvalue weighted by Crippen LogP contribution is -2.32. The maximum Gasteiger partial charge on any atom is 0.234 e. The van der Waals surface area contributed by atoms with Gasteiger partial charge in [0.2, 0.25) is 11.8 Å². The number of benzene rings is 1. The van der Waals surface area contributed by atoms with E-state index in [-0.39, 0.29) is 23.7 Å². The predicted molar refractivity (Wildman–Crippen MR) is 88.9 cm³/mol. The highest BCUT2D eigenvalue weighted by atomic mass is 16.3. The first kappa shape index (κ1) is 15.1. The molecular formula is C19H20N2O3. The standard InChI is InChI=1S/C19H20N2O3/c1-12-3-8-17(24-12)14-6-4-13(5-7-14)9-21-10-15-16(11-21)19(23)20(2)18(15)22/h3-8,15-16H,9-11H2,1-2H3/t15-,16+. The third-order valence-corrected chi connectivity index (χ3v) is 5.08. The summed E-state index contributed by atoms with van der Waals surface area (Å²) < 4.78 is 5.64. The molecule has 2 aliphatic heterocycles. The molecule has 5 nitrogen and oxygen atoms in total. The average Bonchev–Trinajstić information content (AvgIpc) is 3.24. The minimum Gasteiger partial charge on any atom is -0.461 e. The summed E-state index contributed by atoms with van der Waals surface area (Å²) in [7, 11) is 1.59. The summed E-state index contributed by atoms with van der Waals surface area (Å²) in [6.45, 7) is 4.02. The minimum absolute atomic E-state index is 0.0314. The Hall–Kier alpha value is -2.40. The van der Waals surface area contributed by atoms with Gasteiger partial charge in [-0.15, -0.1) is 0 Å². The molecule has 1 aromatic carbocycles. The van der Waals surface area contributed by atoms with Crippen molar-refractivity contribution in [2.45, 2.75) is 13.5 Å². The monoisotopic (exact) mass is 324 g/mol. The van der Waals surface area contributed by atoms with Crippen molar-refractivity contribution >= 4 is 11.8 Å². The molecule has 0 radical (unpaired) electrons. The normalized spacial score (nSPS) is 24.0. The van der Waals surface area contributed by atoms with Gasteiger partial charge in [-0.2, -0.15) is 0 Å². The van der Waals surface area contributed by atoms with Crippen LogP contribution in [0.3, 0.4) is 0 Å². The molecule has 0 bridgehead atoms. The van der Waals surface area contributed by atoms with E-state index in [1.807, 2.05) is 19.1 Å². The fourth-order valence-electron chi connectivity index (χ4n) is 3.74. The Balaban J connectivity index is 1.44. The topological polar surface area (TPSA) is 53.8 Å². The zero-order chi connectivity index (χ0) is 16.8. The van der Waals surface area contributed by atoms with E-state index in [0.29, 0.717) is 13.1 Å². The number of likely N-dealkylation sites (tertiary alicyclic amines) is 2. The Bertz CT molecular complexity index is 769. The zero-order valence-corrected chi connectivity index (χ0v) is 13.9. The molecule has 0 spiro atoms. The van der Waals surface area contributed by atoms with Gasteiger partial charge in [0.1, 0.15) is 11.5 Å². The van der Waals surface area contributed by atoms with E-state index in [1.165, 1.54) is 10.5 Å². The maximum absolute atomic E-state index is 12.1. The van der Waals surface area contributed by atoms with E-state index < -0.39 is 0 Å². The number of fused-ring (bicyclic) bond motifs is 1. The smallest absolute Gasteiger partial charge is 0.234 e. The molecule has 2 aliphatic rings. The Kier molecular flexibility index (Phi) is 3.53. The largest absolute Gasteiger partial charge is 0.461 e. The lowest BCUT2D eigenvalue weighted by atomic mass is 10.00. The van der Waals surface area contributed by atoms with Gasteiger partial charge in [0.05, 0.1) is 11.8 Å². The van der Waals surface area contributed by atoms with Crippen LogP contribution in [0, 0.1) is 18.8 Å². The molecule has 24 heavy (non-hydrogen) atoms. The van der Waals surface area contributed by atoms with E-state index in [9.17, 15) is 9.59 Å². The van der Waals surface area contributed by atoms with Gasteiger partial charge in [0.15, 0.2) is 0 Å². The van der Waals surface area contributed by atoms with Crippen molar-refractivity contribution in [2.75, 3.05) is 20.1 Å². The summed E-state index contributed by atoms with van der Waals surface area (Å²) >= 11 is 0. The molecule has 3 heterocycles. The van der Waals surface area contributed by atoms with Gasteiger partial charge < -0.3 is 4.42 Å². The van der Waals surface area contributed by atoms with Crippen LogP contribution in [0.25, 0.3) is 11.3 Å². The Morgan fingerprint density at radius 1 is 1.00 bits per heavy atom. The summed E-state index contributed by atoms with van der Waals surface area (Å²) in [5.41, 5.74) is 2.23. The van der Waals surface area contributed by atoms with Crippen LogP contribution in [0.15, 0.2) is 40.8 Å². The van der Waals surface area contributed by atoms with Gasteiger partial charge in [-0.1, -0.05) is 24.3 Å². The van der Waals surface area contributed by atoms with Gasteiger partial charge in [0.25, 0.3) is 0 Å². The summed E-state index contributed by atoms with van der Waals surface area (Å²) in [5, 5.41) is 0. The van der Waals surface area contributed by atoms with Crippen molar-refractivity contribution in [3.63, 3.8) is 0 Å². The number of imide groups is 1. The highest BCUT2D eigenvalue weighted by Gasteiger charge is 2.50. The molecule has 2 fully saturated rings. The Labute approximate surface area is 140 Å². The average molecular weight is 324 g/mol. The number of carbonyl (C=O) groups excluding carboxylic acids is 2. The van der Waals surface area contributed by atoms with E-state index >= 15 is 0 Å². The lowest BCUT2D eigenvalue weighted by molar-refractivity contribution is -0.138. The van der Waals surface area contributed by atoms with E-state index in [4.69, 9.17) is 4.42 Å². The van der Waals surface area contributed by atoms with E-state index in [2.05, 4.69) is 29.2 Å². The number of nitrogens with zero attached hydrogens (tertiary/aromatic N) is 2. The maximum atomic E-state index is 12.1. The number of aryl methyl sites for hydroxylation is 1. The SMILES string of the molecule is Cc1ccc(-c2ccc(CN3C[C@@H]4C(=O)N(C)C(=O)[C@@H]4C3)cc2)o1. The van der Waals surface area contributed by atoms with Crippen LogP contribution in [-0.2, 0) is 16.1 Å². The molecule has 124 valence electrons. The fraction of sp³-hybridized carbons (Fsp3) is 0.368. The van der Waals surface area contributed by atoms with Gasteiger partial charge in [-0.25, -0.2) is 0 Å². The first-order valence-electron chi connectivity index (χ1n) is 8.22. The number of hydrogen-bond donors (Lipinski definition) is 0. The zero-order valence-electron chi connectivity index (χ0n) is 13.9. The van der Waals surface area contributed by atoms with Crippen LogP contribution in [-0.4, -0.2) is 41.8 Å². The van der Waals surface area contributed by atoms with E-state index in [0.717, 1.165) is 23.6 Å². The minimum atomic E-state index is -0.159. The molecule has 2 aromatic rings. The van der Waals surface area contributed by atoms with Crippen molar-refractivity contribution in [2.24, 2.45) is 11.8 Å². The molecule has 0 N–H and O–H groups in total. The summed E-state index contributed by atoms with van der Waals surface area (Å²) in [6.07, 6.45) is 0. The summed E-state index contributed by atoms with van der Waals surface area (Å²) in [6, 6.07) is 12.2. The first-order chi connectivity index (χ1) is 11.5. The highest BCUT2D eigenvalue weighted by molar-refractivity contribution is 6.05. The molecule has 1 aromatic heterocycles. The predicted octanol–water partition coefficient (Wildman–Crippen LogP) is 2.30. The van der Waals surface area contributed by atoms with Gasteiger partial charge in [0, 0.05) is 32.2 Å². The molecular weight excluding hydrogens is 304 g/mol. The van der Waals surface area contributed by atoms with Crippen molar-refractivity contribution in [1.82, 2.24) is 9.80 Å². The molecule has 2 atom stereocenters. The Morgan fingerprint density at radius 3 is 2.17 bits per heavy atom. The molecule has 2 amide bonds. The van der Waals surface area contributed by atoms with Crippen LogP contribution in [0.1, 0.15) is 11.3 Å². The second kappa shape index (κ2) is 5.60. The third-order valence-electron chi connectivity index (χ3n) is 5.08. The number of rotatable bonds is 3. The molecule has 0 unspecified atom stereocenters. The van der Waals surface area contributed by atoms with Crippen LogP contribution in [0.4, 0.5) is 0 Å². The molecule has 2 saturated heterocycles. The molecule has 5 heteroatoms. The number of hydrogen-bond acceptors (Lipinski definition) is 4. The van der Waals surface area contributed by atoms with Gasteiger partial charge in [-0.05, 0) is 24.6 Å². The molecule has 0 saturated carbocycles. The second-order valence-electron chi connectivity index (χ2n) is 6.75. The Morgan fingerprint density at radius 2 is 1.62 bits per heavy atom. The van der Waals surface area contributed by atoms with Crippen molar-refractivity contribution in [1.29, 1.82) is 0 Å². The summed E-state index contributed by atoms with van der Waals surface area (Å²) in [5.74, 6) is 1.39. The van der Waals surface area contributed by atoms with Crippen LogP contribution >= 0.6 is 0 Å². The van der Waals surface area contributed by atoms with Crippen molar-refractivity contribution in [3.8, 4) is 11.3 Å². The fourth-order valence-corrected chi connectivity index (χ4v) is 3.74. The molecule has 0 aliphatic carbocycles. The van der Waals surface area contributed by atoms with Crippen LogP contribution < -0.4 is 0 Å². The quantitative estimate of drug-likeness (QED) is 0.813.